The Balaban J connectivity index is 1.83. The van der Waals surface area contributed by atoms with Crippen LogP contribution in [0.25, 0.3) is 0 Å². The summed E-state index contributed by atoms with van der Waals surface area (Å²) in [4.78, 5) is 12.4. The number of anilines is 2. The third kappa shape index (κ3) is 3.17. The van der Waals surface area contributed by atoms with Crippen LogP contribution < -0.4 is 15.4 Å². The van der Waals surface area contributed by atoms with Crippen molar-refractivity contribution in [3.63, 3.8) is 0 Å². The van der Waals surface area contributed by atoms with E-state index in [2.05, 4.69) is 15.4 Å². The quantitative estimate of drug-likeness (QED) is 0.774. The van der Waals surface area contributed by atoms with Crippen molar-refractivity contribution < 1.29 is 13.2 Å². The van der Waals surface area contributed by atoms with Crippen LogP contribution in [-0.2, 0) is 14.8 Å². The van der Waals surface area contributed by atoms with Crippen LogP contribution in [0.15, 0.2) is 47.4 Å². The zero-order chi connectivity index (χ0) is 16.6. The van der Waals surface area contributed by atoms with E-state index in [1.54, 1.807) is 36.4 Å². The van der Waals surface area contributed by atoms with Gasteiger partial charge in [-0.2, -0.15) is 4.72 Å². The minimum atomic E-state index is -3.74. The zero-order valence-electron chi connectivity index (χ0n) is 12.1. The van der Waals surface area contributed by atoms with Crippen LogP contribution in [0, 0.1) is 6.92 Å². The highest BCUT2D eigenvalue weighted by atomic mass is 35.5. The Bertz CT molecular complexity index is 883. The van der Waals surface area contributed by atoms with Crippen molar-refractivity contribution in [3.05, 3.63) is 53.1 Å². The molecule has 6 nitrogen and oxygen atoms in total. The maximum atomic E-state index is 12.3. The Morgan fingerprint density at radius 3 is 2.70 bits per heavy atom. The Labute approximate surface area is 138 Å². The molecule has 1 heterocycles. The van der Waals surface area contributed by atoms with Gasteiger partial charge in [0.1, 0.15) is 4.90 Å². The van der Waals surface area contributed by atoms with Gasteiger partial charge in [-0.3, -0.25) is 4.79 Å². The lowest BCUT2D eigenvalue weighted by molar-refractivity contribution is -0.117. The molecule has 0 saturated heterocycles. The van der Waals surface area contributed by atoms with Gasteiger partial charge in [-0.1, -0.05) is 29.8 Å². The average Bonchev–Trinajstić information content (AvgIpc) is 2.50. The summed E-state index contributed by atoms with van der Waals surface area (Å²) in [6, 6.07) is 11.5. The number of aryl methyl sites for hydroxylation is 1. The monoisotopic (exact) mass is 351 g/mol. The second-order valence-corrected chi connectivity index (χ2v) is 7.24. The molecule has 0 spiro atoms. The Morgan fingerprint density at radius 1 is 1.22 bits per heavy atom. The van der Waals surface area contributed by atoms with Crippen molar-refractivity contribution >= 4 is 38.9 Å². The van der Waals surface area contributed by atoms with E-state index in [1.807, 2.05) is 6.92 Å². The van der Waals surface area contributed by atoms with Gasteiger partial charge in [-0.15, -0.1) is 0 Å². The number of carbonyl (C=O) groups is 1. The largest absolute Gasteiger partial charge is 0.360 e. The van der Waals surface area contributed by atoms with Gasteiger partial charge in [0.15, 0.2) is 6.17 Å². The van der Waals surface area contributed by atoms with Crippen LogP contribution in [0.1, 0.15) is 5.56 Å². The highest BCUT2D eigenvalue weighted by Crippen LogP contribution is 2.26. The first kappa shape index (κ1) is 15.8. The molecule has 0 aliphatic carbocycles. The van der Waals surface area contributed by atoms with Crippen LogP contribution in [0.3, 0.4) is 0 Å². The predicted octanol–water partition coefficient (Wildman–Crippen LogP) is 2.32. The van der Waals surface area contributed by atoms with Gasteiger partial charge in [0, 0.05) is 10.7 Å². The number of fused-ring (bicyclic) bond motifs is 1. The summed E-state index contributed by atoms with van der Waals surface area (Å²) in [5.74, 6) is -0.525. The Morgan fingerprint density at radius 2 is 1.96 bits per heavy atom. The average molecular weight is 352 g/mol. The molecule has 2 aromatic rings. The Hall–Kier alpha value is -2.09. The van der Waals surface area contributed by atoms with E-state index in [0.29, 0.717) is 16.4 Å². The molecule has 0 aromatic heterocycles. The summed E-state index contributed by atoms with van der Waals surface area (Å²) in [7, 11) is -3.74. The van der Waals surface area contributed by atoms with Crippen molar-refractivity contribution in [2.24, 2.45) is 0 Å². The molecule has 120 valence electrons. The standard InChI is InChI=1S/C15H14ClN3O3S/c1-9-6-7-10(8-11(9)16)17-15(20)14-18-12-4-2-3-5-13(12)23(21,22)19-14/h2-8,14,18-19H,1H3,(H,17,20)/t14-/m1/s1. The van der Waals surface area contributed by atoms with Gasteiger partial charge >= 0.3 is 0 Å². The van der Waals surface area contributed by atoms with Crippen LogP contribution in [0.4, 0.5) is 11.4 Å². The van der Waals surface area contributed by atoms with Crippen LogP contribution in [0.2, 0.25) is 5.02 Å². The minimum Gasteiger partial charge on any atom is -0.360 e. The summed E-state index contributed by atoms with van der Waals surface area (Å²) < 4.78 is 26.7. The first-order chi connectivity index (χ1) is 10.9. The van der Waals surface area contributed by atoms with Gasteiger partial charge in [0.05, 0.1) is 5.69 Å². The van der Waals surface area contributed by atoms with Crippen LogP contribution in [-0.4, -0.2) is 20.5 Å². The van der Waals surface area contributed by atoms with Gasteiger partial charge < -0.3 is 10.6 Å². The molecule has 0 saturated carbocycles. The highest BCUT2D eigenvalue weighted by molar-refractivity contribution is 7.89. The van der Waals surface area contributed by atoms with E-state index in [-0.39, 0.29) is 4.90 Å². The molecule has 8 heteroatoms. The molecule has 0 bridgehead atoms. The lowest BCUT2D eigenvalue weighted by atomic mass is 10.2. The normalized spacial score (nSPS) is 18.6. The molecule has 0 unspecified atom stereocenters. The van der Waals surface area contributed by atoms with E-state index in [1.165, 1.54) is 6.07 Å². The fraction of sp³-hybridized carbons (Fsp3) is 0.133. The Kier molecular flexibility index (Phi) is 4.01. The second kappa shape index (κ2) is 5.84. The highest BCUT2D eigenvalue weighted by Gasteiger charge is 2.32. The van der Waals surface area contributed by atoms with Crippen molar-refractivity contribution in [2.75, 3.05) is 10.6 Å². The van der Waals surface area contributed by atoms with Crippen molar-refractivity contribution in [1.82, 2.24) is 4.72 Å². The summed E-state index contributed by atoms with van der Waals surface area (Å²) in [6.07, 6.45) is -1.10. The summed E-state index contributed by atoms with van der Waals surface area (Å²) in [5, 5.41) is 6.02. The molecule has 1 aliphatic rings. The number of sulfonamides is 1. The molecule has 3 N–H and O–H groups in total. The van der Waals surface area contributed by atoms with Gasteiger partial charge in [0.25, 0.3) is 5.91 Å². The first-order valence-corrected chi connectivity index (χ1v) is 8.68. The molecule has 1 atom stereocenters. The number of amides is 1. The maximum Gasteiger partial charge on any atom is 0.262 e. The molecule has 1 aliphatic heterocycles. The second-order valence-electron chi connectivity index (χ2n) is 5.15. The van der Waals surface area contributed by atoms with E-state index in [9.17, 15) is 13.2 Å². The van der Waals surface area contributed by atoms with Crippen molar-refractivity contribution in [3.8, 4) is 0 Å². The van der Waals surface area contributed by atoms with E-state index in [4.69, 9.17) is 11.6 Å². The molecule has 2 aromatic carbocycles. The van der Waals surface area contributed by atoms with Gasteiger partial charge in [-0.05, 0) is 36.8 Å². The van der Waals surface area contributed by atoms with E-state index in [0.717, 1.165) is 5.56 Å². The number of nitrogens with one attached hydrogen (secondary N) is 3. The molecular weight excluding hydrogens is 338 g/mol. The van der Waals surface area contributed by atoms with Crippen molar-refractivity contribution in [1.29, 1.82) is 0 Å². The molecule has 3 rings (SSSR count). The number of rotatable bonds is 2. The number of hydrogen-bond donors (Lipinski definition) is 3. The van der Waals surface area contributed by atoms with Crippen LogP contribution >= 0.6 is 11.6 Å². The number of para-hydroxylation sites is 1. The number of carbonyl (C=O) groups excluding carboxylic acids is 1. The fourth-order valence-electron chi connectivity index (χ4n) is 2.23. The summed E-state index contributed by atoms with van der Waals surface area (Å²) >= 11 is 6.02. The first-order valence-electron chi connectivity index (χ1n) is 6.82. The van der Waals surface area contributed by atoms with E-state index < -0.39 is 22.1 Å². The third-order valence-corrected chi connectivity index (χ3v) is 5.34. The lowest BCUT2D eigenvalue weighted by Crippen LogP contribution is -2.51. The number of benzene rings is 2. The smallest absolute Gasteiger partial charge is 0.262 e. The molecule has 0 radical (unpaired) electrons. The van der Waals surface area contributed by atoms with Gasteiger partial charge in [-0.25, -0.2) is 8.42 Å². The third-order valence-electron chi connectivity index (χ3n) is 3.45. The summed E-state index contributed by atoms with van der Waals surface area (Å²) in [6.45, 7) is 1.85. The minimum absolute atomic E-state index is 0.113. The SMILES string of the molecule is Cc1ccc(NC(=O)[C@@H]2Nc3ccccc3S(=O)(=O)N2)cc1Cl. The molecule has 1 amide bonds. The molecule has 23 heavy (non-hydrogen) atoms. The lowest BCUT2D eigenvalue weighted by Gasteiger charge is -2.27. The molecule has 0 fully saturated rings. The van der Waals surface area contributed by atoms with E-state index >= 15 is 0 Å². The number of hydrogen-bond acceptors (Lipinski definition) is 4. The predicted molar refractivity (Wildman–Crippen MR) is 89.0 cm³/mol. The maximum absolute atomic E-state index is 12.3. The topological polar surface area (TPSA) is 87.3 Å². The number of halogens is 1. The molecular formula is C15H14ClN3O3S. The van der Waals surface area contributed by atoms with Gasteiger partial charge in [0.2, 0.25) is 10.0 Å². The van der Waals surface area contributed by atoms with Crippen LogP contribution in [0.5, 0.6) is 0 Å². The summed E-state index contributed by atoms with van der Waals surface area (Å²) in [5.41, 5.74) is 1.76. The fourth-order valence-corrected chi connectivity index (χ4v) is 3.69. The van der Waals surface area contributed by atoms with Crippen molar-refractivity contribution in [2.45, 2.75) is 18.0 Å². The zero-order valence-corrected chi connectivity index (χ0v) is 13.7.